The van der Waals surface area contributed by atoms with E-state index in [1.807, 2.05) is 0 Å². The van der Waals surface area contributed by atoms with Crippen LogP contribution in [-0.4, -0.2) is 53.7 Å². The predicted octanol–water partition coefficient (Wildman–Crippen LogP) is 8.01. The van der Waals surface area contributed by atoms with E-state index >= 15 is 0 Å². The van der Waals surface area contributed by atoms with Crippen molar-refractivity contribution in [3.8, 4) is 0 Å². The number of hydrogen-bond donors (Lipinski definition) is 3. The normalized spacial score (nSPS) is 17.7. The molecule has 1 aliphatic rings. The molecular weight excluding hydrogens is 588 g/mol. The van der Waals surface area contributed by atoms with Gasteiger partial charge in [-0.25, -0.2) is 0 Å². The first-order valence-corrected chi connectivity index (χ1v) is 20.5. The molecule has 0 bridgehead atoms. The van der Waals surface area contributed by atoms with E-state index in [-0.39, 0.29) is 11.0 Å². The smallest absolute Gasteiger partial charge is 0.196 e. The molecule has 0 amide bonds. The van der Waals surface area contributed by atoms with Crippen LogP contribution in [0.3, 0.4) is 0 Å². The molecule has 0 aliphatic carbocycles. The number of nitrogens with two attached hydrogens (primary N) is 2. The third kappa shape index (κ3) is 8.41. The first kappa shape index (κ1) is 37.7. The Kier molecular flexibility index (Phi) is 13.3. The Bertz CT molecular complexity index is 1480. The van der Waals surface area contributed by atoms with Crippen LogP contribution >= 0.6 is 16.3 Å². The highest BCUT2D eigenvalue weighted by molar-refractivity contribution is 7.45. The van der Waals surface area contributed by atoms with Gasteiger partial charge in [0.25, 0.3) is 0 Å². The molecule has 250 valence electrons. The molecule has 0 fully saturated rings. The summed E-state index contributed by atoms with van der Waals surface area (Å²) in [6.45, 7) is 32.8. The lowest BCUT2D eigenvalue weighted by molar-refractivity contribution is 0.220. The molecule has 1 aliphatic heterocycles. The summed E-state index contributed by atoms with van der Waals surface area (Å²) in [5.41, 5.74) is 19.3. The largest absolute Gasteiger partial charge is 0.362 e. The standard InChI is InChI=1S/C38H64N5P2/c1-11-35-33-23-34-32(22-31(33)28(5)42(35)27-38(10,13-3)17-21-45(41)14-4)29(6)43(36(34,7)8)18-15-19-44-20-16-37(9,12-2)24-30(25-39)26-40/h22-23,30,41,44H,1,5-6,12-21,24-27,39-40H2,2-4,7-10H3/q+1. The molecule has 2 aromatic rings. The molecular formula is C38H64N5P2+. The van der Waals surface area contributed by atoms with Crippen LogP contribution in [0.4, 0.5) is 0 Å². The van der Waals surface area contributed by atoms with Crippen molar-refractivity contribution in [1.82, 2.24) is 9.47 Å². The van der Waals surface area contributed by atoms with Crippen LogP contribution in [0.1, 0.15) is 98.1 Å². The maximum atomic E-state index is 8.35. The van der Waals surface area contributed by atoms with Gasteiger partial charge in [0, 0.05) is 40.5 Å². The quantitative estimate of drug-likeness (QED) is 0.106. The average Bonchev–Trinajstić information content (AvgIpc) is 3.39. The number of fused-ring (bicyclic) bond motifs is 2. The van der Waals surface area contributed by atoms with Crippen molar-refractivity contribution >= 4 is 45.1 Å². The molecule has 3 rings (SSSR count). The Morgan fingerprint density at radius 2 is 1.69 bits per heavy atom. The third-order valence-electron chi connectivity index (χ3n) is 11.2. The monoisotopic (exact) mass is 652 g/mol. The zero-order chi connectivity index (χ0) is 33.6. The van der Waals surface area contributed by atoms with Crippen molar-refractivity contribution in [3.05, 3.63) is 47.1 Å². The highest BCUT2D eigenvalue weighted by atomic mass is 31.1. The van der Waals surface area contributed by atoms with E-state index < -0.39 is 7.71 Å². The Labute approximate surface area is 277 Å². The summed E-state index contributed by atoms with van der Waals surface area (Å²) in [5.74, 6) is 0.438. The van der Waals surface area contributed by atoms with Crippen LogP contribution in [0, 0.1) is 21.9 Å². The highest BCUT2D eigenvalue weighted by Gasteiger charge is 2.39. The third-order valence-corrected chi connectivity index (χ3v) is 14.0. The van der Waals surface area contributed by atoms with E-state index in [1.165, 1.54) is 53.5 Å². The van der Waals surface area contributed by atoms with Crippen LogP contribution in [0.25, 0.3) is 28.8 Å². The zero-order valence-corrected chi connectivity index (χ0v) is 31.6. The summed E-state index contributed by atoms with van der Waals surface area (Å²) in [6.07, 6.45) is 11.4. The van der Waals surface area contributed by atoms with Gasteiger partial charge in [0.15, 0.2) is 7.71 Å². The second-order valence-corrected chi connectivity index (χ2v) is 18.4. The van der Waals surface area contributed by atoms with Gasteiger partial charge < -0.3 is 20.9 Å². The molecule has 0 saturated heterocycles. The molecule has 1 aromatic carbocycles. The van der Waals surface area contributed by atoms with Crippen molar-refractivity contribution in [2.45, 2.75) is 99.1 Å². The summed E-state index contributed by atoms with van der Waals surface area (Å²) < 4.78 is 2.35. The number of nitrogens with zero attached hydrogens (tertiary/aromatic N) is 2. The van der Waals surface area contributed by atoms with Crippen molar-refractivity contribution in [2.75, 3.05) is 44.3 Å². The summed E-state index contributed by atoms with van der Waals surface area (Å²) in [5, 5.41) is 12.8. The van der Waals surface area contributed by atoms with Crippen molar-refractivity contribution in [3.63, 3.8) is 0 Å². The molecule has 4 unspecified atom stereocenters. The Morgan fingerprint density at radius 3 is 2.27 bits per heavy atom. The average molecular weight is 653 g/mol. The summed E-state index contributed by atoms with van der Waals surface area (Å²) >= 11 is 0. The lowest BCUT2D eigenvalue weighted by Crippen LogP contribution is -2.35. The van der Waals surface area contributed by atoms with E-state index in [0.717, 1.165) is 69.7 Å². The van der Waals surface area contributed by atoms with Gasteiger partial charge in [0.05, 0.1) is 10.9 Å². The van der Waals surface area contributed by atoms with Gasteiger partial charge >= 0.3 is 0 Å². The van der Waals surface area contributed by atoms with Gasteiger partial charge in [-0.1, -0.05) is 53.9 Å². The van der Waals surface area contributed by atoms with E-state index in [0.29, 0.717) is 24.4 Å². The first-order chi connectivity index (χ1) is 21.2. The second-order valence-electron chi connectivity index (χ2n) is 14.7. The van der Waals surface area contributed by atoms with E-state index in [1.54, 1.807) is 0 Å². The molecule has 5 nitrogen and oxygen atoms in total. The molecule has 0 radical (unpaired) electrons. The van der Waals surface area contributed by atoms with Crippen molar-refractivity contribution in [2.24, 2.45) is 28.2 Å². The Balaban J connectivity index is 1.74. The molecule has 7 heteroatoms. The Hall–Kier alpha value is -1.73. The number of rotatable bonds is 19. The number of hydrogen-bond acceptors (Lipinski definition) is 4. The molecule has 5 N–H and O–H groups in total. The Morgan fingerprint density at radius 1 is 1.02 bits per heavy atom. The minimum absolute atomic E-state index is 0.111. The topological polar surface area (TPSA) is 84.1 Å². The zero-order valence-electron chi connectivity index (χ0n) is 29.7. The highest BCUT2D eigenvalue weighted by Crippen LogP contribution is 2.46. The summed E-state index contributed by atoms with van der Waals surface area (Å²) in [7, 11) is 0.359. The lowest BCUT2D eigenvalue weighted by atomic mass is 9.76. The molecule has 45 heavy (non-hydrogen) atoms. The van der Waals surface area contributed by atoms with Crippen LogP contribution in [0.5, 0.6) is 0 Å². The predicted molar refractivity (Wildman–Crippen MR) is 204 cm³/mol. The van der Waals surface area contributed by atoms with Crippen molar-refractivity contribution < 1.29 is 0 Å². The lowest BCUT2D eigenvalue weighted by Gasteiger charge is -2.35. The number of benzene rings is 1. The fourth-order valence-electron chi connectivity index (χ4n) is 7.19. The van der Waals surface area contributed by atoms with Gasteiger partial charge in [-0.05, 0) is 113 Å². The molecule has 0 saturated carbocycles. The van der Waals surface area contributed by atoms with Crippen LogP contribution in [0.15, 0.2) is 25.3 Å². The minimum atomic E-state index is -0.628. The van der Waals surface area contributed by atoms with E-state index in [4.69, 9.17) is 16.6 Å². The van der Waals surface area contributed by atoms with Gasteiger partial charge in [-0.15, -0.1) is 19.5 Å². The number of aromatic nitrogens is 1. The maximum Gasteiger partial charge on any atom is 0.196 e. The fourth-order valence-corrected chi connectivity index (χ4v) is 9.75. The van der Waals surface area contributed by atoms with Crippen LogP contribution in [0.2, 0.25) is 0 Å². The SMILES string of the molecule is C=C=c1c2cc3c(cc2c(=C)n1CC(C)(CC)CC[P+](=N)CC)C(=C)N(CCCPCCC(C)(CC)CC(CN)CN)C3(C)C. The maximum absolute atomic E-state index is 8.35. The van der Waals surface area contributed by atoms with Crippen molar-refractivity contribution in [1.29, 1.82) is 5.16 Å². The van der Waals surface area contributed by atoms with Gasteiger partial charge in [0.2, 0.25) is 0 Å². The molecule has 0 spiro atoms. The van der Waals surface area contributed by atoms with Crippen LogP contribution in [-0.2, 0) is 12.1 Å². The van der Waals surface area contributed by atoms with Gasteiger partial charge in [0.1, 0.15) is 12.3 Å². The summed E-state index contributed by atoms with van der Waals surface area (Å²) in [6, 6.07) is 4.71. The van der Waals surface area contributed by atoms with Crippen LogP contribution < -0.4 is 22.2 Å². The fraction of sp³-hybridized carbons (Fsp3) is 0.658. The van der Waals surface area contributed by atoms with E-state index in [2.05, 4.69) is 95.5 Å². The van der Waals surface area contributed by atoms with Gasteiger partial charge in [-0.3, -0.25) is 0 Å². The number of nitrogens with one attached hydrogen (secondary N) is 1. The van der Waals surface area contributed by atoms with E-state index in [9.17, 15) is 0 Å². The molecule has 4 atom stereocenters. The minimum Gasteiger partial charge on any atom is -0.362 e. The first-order valence-electron chi connectivity index (χ1n) is 17.3. The summed E-state index contributed by atoms with van der Waals surface area (Å²) in [4.78, 5) is 2.53. The molecule has 2 heterocycles. The molecule has 1 aromatic heterocycles. The van der Waals surface area contributed by atoms with Gasteiger partial charge in [-0.2, -0.15) is 0 Å². The second kappa shape index (κ2) is 15.9.